The van der Waals surface area contributed by atoms with Gasteiger partial charge in [0.2, 0.25) is 5.91 Å². The van der Waals surface area contributed by atoms with Gasteiger partial charge in [-0.15, -0.1) is 10.2 Å². The second-order valence-electron chi connectivity index (χ2n) is 8.46. The molecule has 0 spiro atoms. The molecule has 2 aliphatic rings. The molecule has 2 atom stereocenters. The van der Waals surface area contributed by atoms with E-state index in [2.05, 4.69) is 10.2 Å². The number of likely N-dealkylation sites (tertiary alicyclic amines) is 2. The number of rotatable bonds is 3. The van der Waals surface area contributed by atoms with Crippen molar-refractivity contribution in [1.29, 1.82) is 0 Å². The van der Waals surface area contributed by atoms with Crippen molar-refractivity contribution >= 4 is 17.5 Å². The summed E-state index contributed by atoms with van der Waals surface area (Å²) in [7, 11) is 0. The van der Waals surface area contributed by atoms with Crippen LogP contribution >= 0.6 is 0 Å². The number of furan rings is 1. The summed E-state index contributed by atoms with van der Waals surface area (Å²) in [4.78, 5) is 29.4. The van der Waals surface area contributed by atoms with Crippen LogP contribution in [0.15, 0.2) is 41.1 Å². The zero-order valence-corrected chi connectivity index (χ0v) is 17.7. The van der Waals surface area contributed by atoms with Gasteiger partial charge in [-0.3, -0.25) is 14.0 Å². The van der Waals surface area contributed by atoms with E-state index >= 15 is 0 Å². The number of alkyl halides is 3. The normalized spacial score (nSPS) is 21.7. The van der Waals surface area contributed by atoms with Crippen LogP contribution < -0.4 is 0 Å². The van der Waals surface area contributed by atoms with Gasteiger partial charge in [-0.1, -0.05) is 0 Å². The quantitative estimate of drug-likeness (QED) is 0.597. The molecule has 11 heteroatoms. The second kappa shape index (κ2) is 8.20. The van der Waals surface area contributed by atoms with Crippen molar-refractivity contribution in [3.8, 4) is 0 Å². The summed E-state index contributed by atoms with van der Waals surface area (Å²) in [5.41, 5.74) is -0.453. The molecule has 5 heterocycles. The molecule has 3 aromatic heterocycles. The van der Waals surface area contributed by atoms with E-state index in [1.54, 1.807) is 21.9 Å². The predicted molar refractivity (Wildman–Crippen MR) is 109 cm³/mol. The molecule has 0 bridgehead atoms. The molecule has 0 aliphatic carbocycles. The molecule has 5 rings (SSSR count). The number of piperidine rings is 1. The van der Waals surface area contributed by atoms with Crippen LogP contribution in [-0.2, 0) is 11.0 Å². The van der Waals surface area contributed by atoms with Crippen LogP contribution in [0, 0.1) is 0 Å². The minimum Gasteiger partial charge on any atom is -0.459 e. The number of carbonyl (C=O) groups excluding carboxylic acids is 2. The number of halogens is 3. The molecule has 2 fully saturated rings. The Morgan fingerprint density at radius 1 is 1.06 bits per heavy atom. The van der Waals surface area contributed by atoms with Gasteiger partial charge in [0.15, 0.2) is 11.4 Å². The number of carbonyl (C=O) groups is 2. The summed E-state index contributed by atoms with van der Waals surface area (Å²) in [6.45, 7) is 1.32. The lowest BCUT2D eigenvalue weighted by molar-refractivity contribution is -0.138. The van der Waals surface area contributed by atoms with Gasteiger partial charge in [0, 0.05) is 31.7 Å². The van der Waals surface area contributed by atoms with Crippen LogP contribution in [0.1, 0.15) is 53.5 Å². The highest BCUT2D eigenvalue weighted by Crippen LogP contribution is 2.32. The van der Waals surface area contributed by atoms with Crippen molar-refractivity contribution in [1.82, 2.24) is 24.4 Å². The molecule has 0 N–H and O–H groups in total. The lowest BCUT2D eigenvalue weighted by Gasteiger charge is -2.35. The molecule has 2 aliphatic heterocycles. The fraction of sp³-hybridized carbons (Fsp3) is 0.455. The molecule has 0 saturated carbocycles. The Morgan fingerprint density at radius 3 is 2.64 bits per heavy atom. The molecule has 0 radical (unpaired) electrons. The standard InChI is InChI=1S/C22H22F3N5O3/c23-22(24,25)15-7-8-18-26-27-19(30(18)13-15)14-4-1-9-28(12-14)20(31)16-5-2-10-29(16)21(32)17-6-3-11-33-17/h3,6-8,11,13-14,16H,1-2,4-5,9-10,12H2. The first-order valence-corrected chi connectivity index (χ1v) is 10.9. The summed E-state index contributed by atoms with van der Waals surface area (Å²) < 4.78 is 46.2. The Kier molecular flexibility index (Phi) is 5.34. The van der Waals surface area contributed by atoms with Crippen molar-refractivity contribution in [2.24, 2.45) is 0 Å². The Labute approximate surface area is 187 Å². The van der Waals surface area contributed by atoms with Gasteiger partial charge in [0.25, 0.3) is 5.91 Å². The van der Waals surface area contributed by atoms with Crippen LogP contribution in [0.4, 0.5) is 13.2 Å². The average molecular weight is 461 g/mol. The molecule has 0 aromatic carbocycles. The smallest absolute Gasteiger partial charge is 0.417 e. The summed E-state index contributed by atoms with van der Waals surface area (Å²) in [5, 5.41) is 8.15. The van der Waals surface area contributed by atoms with E-state index < -0.39 is 17.8 Å². The van der Waals surface area contributed by atoms with Crippen molar-refractivity contribution in [2.45, 2.75) is 43.8 Å². The van der Waals surface area contributed by atoms with Crippen LogP contribution in [0.25, 0.3) is 5.65 Å². The number of hydrogen-bond acceptors (Lipinski definition) is 5. The fourth-order valence-electron chi connectivity index (χ4n) is 4.76. The van der Waals surface area contributed by atoms with Crippen LogP contribution in [0.5, 0.6) is 0 Å². The maximum atomic E-state index is 13.4. The van der Waals surface area contributed by atoms with Crippen LogP contribution in [-0.4, -0.2) is 61.9 Å². The Morgan fingerprint density at radius 2 is 1.88 bits per heavy atom. The first-order valence-electron chi connectivity index (χ1n) is 10.9. The van der Waals surface area contributed by atoms with Gasteiger partial charge in [0.05, 0.1) is 11.8 Å². The Balaban J connectivity index is 1.36. The molecule has 3 aromatic rings. The summed E-state index contributed by atoms with van der Waals surface area (Å²) in [5.74, 6) is -0.114. The molecule has 8 nitrogen and oxygen atoms in total. The SMILES string of the molecule is O=C(C1CCCN1C(=O)c1ccco1)N1CCCC(c2nnc3ccc(C(F)(F)F)cn23)C1. The minimum atomic E-state index is -4.48. The first-order chi connectivity index (χ1) is 15.8. The van der Waals surface area contributed by atoms with E-state index in [1.165, 1.54) is 16.7 Å². The van der Waals surface area contributed by atoms with Crippen LogP contribution in [0.2, 0.25) is 0 Å². The van der Waals surface area contributed by atoms with E-state index in [-0.39, 0.29) is 23.5 Å². The Bertz CT molecular complexity index is 1170. The summed E-state index contributed by atoms with van der Waals surface area (Å²) in [6.07, 6.45) is 0.597. The number of amides is 2. The third-order valence-electron chi connectivity index (χ3n) is 6.38. The number of hydrogen-bond donors (Lipinski definition) is 0. The number of fused-ring (bicyclic) bond motifs is 1. The fourth-order valence-corrected chi connectivity index (χ4v) is 4.76. The third-order valence-corrected chi connectivity index (χ3v) is 6.38. The molecular formula is C22H22F3N5O3. The molecule has 2 saturated heterocycles. The van der Waals surface area contributed by atoms with Crippen molar-refractivity contribution < 1.29 is 27.2 Å². The lowest BCUT2D eigenvalue weighted by Crippen LogP contribution is -2.50. The minimum absolute atomic E-state index is 0.151. The van der Waals surface area contributed by atoms with Gasteiger partial charge in [0.1, 0.15) is 11.9 Å². The molecule has 33 heavy (non-hydrogen) atoms. The first kappa shape index (κ1) is 21.5. The highest BCUT2D eigenvalue weighted by Gasteiger charge is 2.39. The van der Waals surface area contributed by atoms with Crippen LogP contribution in [0.3, 0.4) is 0 Å². The number of nitrogens with zero attached hydrogens (tertiary/aromatic N) is 5. The van der Waals surface area contributed by atoms with E-state index in [9.17, 15) is 22.8 Å². The monoisotopic (exact) mass is 461 g/mol. The van der Waals surface area contributed by atoms with Gasteiger partial charge in [-0.25, -0.2) is 0 Å². The van der Waals surface area contributed by atoms with Gasteiger partial charge in [-0.05, 0) is 49.9 Å². The maximum absolute atomic E-state index is 13.4. The second-order valence-corrected chi connectivity index (χ2v) is 8.46. The summed E-state index contributed by atoms with van der Waals surface area (Å²) >= 11 is 0. The van der Waals surface area contributed by atoms with Gasteiger partial charge >= 0.3 is 6.18 Å². The highest BCUT2D eigenvalue weighted by molar-refractivity contribution is 5.96. The van der Waals surface area contributed by atoms with E-state index in [4.69, 9.17) is 4.42 Å². The summed E-state index contributed by atoms with van der Waals surface area (Å²) in [6, 6.07) is 4.90. The van der Waals surface area contributed by atoms with E-state index in [0.29, 0.717) is 50.4 Å². The third kappa shape index (κ3) is 3.96. The molecular weight excluding hydrogens is 439 g/mol. The molecule has 2 unspecified atom stereocenters. The Hall–Kier alpha value is -3.37. The highest BCUT2D eigenvalue weighted by atomic mass is 19.4. The van der Waals surface area contributed by atoms with Crippen molar-refractivity contribution in [2.75, 3.05) is 19.6 Å². The molecule has 174 valence electrons. The lowest BCUT2D eigenvalue weighted by atomic mass is 9.96. The predicted octanol–water partition coefficient (Wildman–Crippen LogP) is 3.35. The van der Waals surface area contributed by atoms with E-state index in [1.807, 2.05) is 0 Å². The zero-order chi connectivity index (χ0) is 23.2. The average Bonchev–Trinajstić information content (AvgIpc) is 3.57. The van der Waals surface area contributed by atoms with Gasteiger partial charge in [-0.2, -0.15) is 13.2 Å². The zero-order valence-electron chi connectivity index (χ0n) is 17.7. The van der Waals surface area contributed by atoms with Crippen molar-refractivity contribution in [3.63, 3.8) is 0 Å². The number of pyridine rings is 1. The largest absolute Gasteiger partial charge is 0.459 e. The maximum Gasteiger partial charge on any atom is 0.417 e. The topological polar surface area (TPSA) is 84.0 Å². The van der Waals surface area contributed by atoms with E-state index in [0.717, 1.165) is 18.7 Å². The molecule has 2 amide bonds. The van der Waals surface area contributed by atoms with Crippen molar-refractivity contribution in [3.05, 3.63) is 53.9 Å². The number of aromatic nitrogens is 3. The van der Waals surface area contributed by atoms with Gasteiger partial charge < -0.3 is 14.2 Å².